The van der Waals surface area contributed by atoms with Gasteiger partial charge in [0.2, 0.25) is 5.13 Å². The molecule has 1 aromatic carbocycles. The number of nitrogens with zero attached hydrogens (tertiary/aromatic N) is 5. The van der Waals surface area contributed by atoms with Gasteiger partial charge < -0.3 is 9.47 Å². The van der Waals surface area contributed by atoms with E-state index in [2.05, 4.69) is 30.5 Å². The quantitative estimate of drug-likeness (QED) is 0.447. The molecule has 0 fully saturated rings. The summed E-state index contributed by atoms with van der Waals surface area (Å²) in [5.41, 5.74) is 2.11. The highest BCUT2D eigenvalue weighted by Gasteiger charge is 2.19. The molecule has 9 nitrogen and oxygen atoms in total. The van der Waals surface area contributed by atoms with Crippen LogP contribution in [0.2, 0.25) is 5.02 Å². The second-order valence-corrected chi connectivity index (χ2v) is 7.45. The minimum Gasteiger partial charge on any atom is -0.496 e. The van der Waals surface area contributed by atoms with Gasteiger partial charge in [-0.3, -0.25) is 15.1 Å². The summed E-state index contributed by atoms with van der Waals surface area (Å²) in [7, 11) is 1.56. The minimum atomic E-state index is -0.453. The van der Waals surface area contributed by atoms with Crippen LogP contribution in [0.1, 0.15) is 16.2 Å². The molecule has 0 bridgehead atoms. The van der Waals surface area contributed by atoms with E-state index in [0.29, 0.717) is 32.8 Å². The predicted octanol–water partition coefficient (Wildman–Crippen LogP) is 3.88. The number of pyridine rings is 1. The number of ether oxygens (including phenoxy) is 2. The molecule has 0 saturated carbocycles. The average molecular weight is 455 g/mol. The molecule has 0 unspecified atom stereocenters. The third-order valence-electron chi connectivity index (χ3n) is 4.08. The largest absolute Gasteiger partial charge is 0.496 e. The highest BCUT2D eigenvalue weighted by atomic mass is 35.5. The first kappa shape index (κ1) is 20.6. The van der Waals surface area contributed by atoms with E-state index in [4.69, 9.17) is 21.1 Å². The summed E-state index contributed by atoms with van der Waals surface area (Å²) in [6.45, 7) is 0.198. The summed E-state index contributed by atoms with van der Waals surface area (Å²) in [6.07, 6.45) is 4.40. The highest BCUT2D eigenvalue weighted by Crippen LogP contribution is 2.31. The molecule has 3 aromatic heterocycles. The molecule has 4 aromatic rings. The van der Waals surface area contributed by atoms with Gasteiger partial charge in [0.25, 0.3) is 11.1 Å². The zero-order valence-corrected chi connectivity index (χ0v) is 17.7. The van der Waals surface area contributed by atoms with Crippen molar-refractivity contribution >= 4 is 34.0 Å². The molecule has 4 rings (SSSR count). The van der Waals surface area contributed by atoms with Gasteiger partial charge in [-0.1, -0.05) is 34.9 Å². The van der Waals surface area contributed by atoms with Crippen molar-refractivity contribution in [2.45, 2.75) is 6.61 Å². The number of anilines is 1. The summed E-state index contributed by atoms with van der Waals surface area (Å²) >= 11 is 6.91. The van der Waals surface area contributed by atoms with Gasteiger partial charge in [0.05, 0.1) is 17.8 Å². The Morgan fingerprint density at radius 3 is 2.77 bits per heavy atom. The SMILES string of the molecule is COc1ccccc1-c1cncnc1C(=O)Nc1nnc(OCc2ccc(Cl)cn2)s1. The first-order valence-electron chi connectivity index (χ1n) is 8.95. The Labute approximate surface area is 186 Å². The van der Waals surface area contributed by atoms with Crippen molar-refractivity contribution in [3.05, 3.63) is 71.5 Å². The lowest BCUT2D eigenvalue weighted by atomic mass is 10.0. The molecule has 156 valence electrons. The van der Waals surface area contributed by atoms with Crippen LogP contribution in [-0.2, 0) is 6.61 Å². The van der Waals surface area contributed by atoms with E-state index in [0.717, 1.165) is 11.3 Å². The average Bonchev–Trinajstić information content (AvgIpc) is 3.26. The van der Waals surface area contributed by atoms with Gasteiger partial charge in [0.1, 0.15) is 24.4 Å². The zero-order chi connectivity index (χ0) is 21.6. The lowest BCUT2D eigenvalue weighted by Gasteiger charge is -2.11. The lowest BCUT2D eigenvalue weighted by Crippen LogP contribution is -2.15. The normalized spacial score (nSPS) is 10.5. The molecule has 1 amide bonds. The molecule has 0 aliphatic heterocycles. The zero-order valence-electron chi connectivity index (χ0n) is 16.2. The molecule has 0 aliphatic carbocycles. The smallest absolute Gasteiger partial charge is 0.296 e. The van der Waals surface area contributed by atoms with Gasteiger partial charge in [0, 0.05) is 23.5 Å². The minimum absolute atomic E-state index is 0.183. The van der Waals surface area contributed by atoms with Crippen LogP contribution in [0.4, 0.5) is 5.13 Å². The van der Waals surface area contributed by atoms with E-state index in [-0.39, 0.29) is 17.4 Å². The number of rotatable bonds is 7. The molecule has 0 radical (unpaired) electrons. The van der Waals surface area contributed by atoms with Crippen LogP contribution < -0.4 is 14.8 Å². The van der Waals surface area contributed by atoms with E-state index in [9.17, 15) is 4.79 Å². The Hall–Kier alpha value is -3.63. The number of nitrogens with one attached hydrogen (secondary N) is 1. The summed E-state index contributed by atoms with van der Waals surface area (Å²) in [5, 5.41) is 11.7. The Balaban J connectivity index is 1.48. The number of para-hydroxylation sites is 1. The standard InChI is InChI=1S/C20H15ClN6O3S/c1-29-16-5-3-2-4-14(16)15-9-22-11-24-17(15)18(28)25-19-26-27-20(31-19)30-10-13-7-6-12(21)8-23-13/h2-9,11H,10H2,1H3,(H,25,26,28). The topological polar surface area (TPSA) is 112 Å². The van der Waals surface area contributed by atoms with Gasteiger partial charge in [-0.15, -0.1) is 5.10 Å². The summed E-state index contributed by atoms with van der Waals surface area (Å²) in [4.78, 5) is 25.2. The Morgan fingerprint density at radius 1 is 1.10 bits per heavy atom. The second kappa shape index (κ2) is 9.45. The highest BCUT2D eigenvalue weighted by molar-refractivity contribution is 7.17. The molecule has 11 heteroatoms. The van der Waals surface area contributed by atoms with Crippen molar-refractivity contribution < 1.29 is 14.3 Å². The molecule has 1 N–H and O–H groups in total. The van der Waals surface area contributed by atoms with Gasteiger partial charge in [-0.2, -0.15) is 0 Å². The van der Waals surface area contributed by atoms with Crippen molar-refractivity contribution in [3.63, 3.8) is 0 Å². The van der Waals surface area contributed by atoms with Crippen molar-refractivity contribution in [2.75, 3.05) is 12.4 Å². The fraction of sp³-hybridized carbons (Fsp3) is 0.100. The van der Waals surface area contributed by atoms with Crippen LogP contribution in [0.3, 0.4) is 0 Å². The molecule has 0 atom stereocenters. The van der Waals surface area contributed by atoms with Crippen molar-refractivity contribution in [3.8, 4) is 22.1 Å². The second-order valence-electron chi connectivity index (χ2n) is 6.07. The van der Waals surface area contributed by atoms with Crippen LogP contribution in [0, 0.1) is 0 Å². The van der Waals surface area contributed by atoms with Gasteiger partial charge >= 0.3 is 0 Å². The Morgan fingerprint density at radius 2 is 1.97 bits per heavy atom. The summed E-state index contributed by atoms with van der Waals surface area (Å²) in [5.74, 6) is 0.152. The number of amides is 1. The molecular formula is C20H15ClN6O3S. The van der Waals surface area contributed by atoms with E-state index in [1.807, 2.05) is 18.2 Å². The number of methoxy groups -OCH3 is 1. The molecule has 31 heavy (non-hydrogen) atoms. The van der Waals surface area contributed by atoms with Gasteiger partial charge in [-0.25, -0.2) is 9.97 Å². The number of aromatic nitrogens is 5. The number of benzene rings is 1. The molecular weight excluding hydrogens is 440 g/mol. The fourth-order valence-corrected chi connectivity index (χ4v) is 3.38. The van der Waals surface area contributed by atoms with Gasteiger partial charge in [-0.05, 0) is 29.5 Å². The van der Waals surface area contributed by atoms with Crippen molar-refractivity contribution in [1.82, 2.24) is 25.1 Å². The van der Waals surface area contributed by atoms with Crippen LogP contribution in [0.15, 0.2) is 55.1 Å². The predicted molar refractivity (Wildman–Crippen MR) is 115 cm³/mol. The summed E-state index contributed by atoms with van der Waals surface area (Å²) in [6, 6.07) is 10.8. The maximum absolute atomic E-state index is 12.9. The van der Waals surface area contributed by atoms with E-state index in [1.165, 1.54) is 12.5 Å². The monoisotopic (exact) mass is 454 g/mol. The van der Waals surface area contributed by atoms with Crippen LogP contribution in [-0.4, -0.2) is 38.2 Å². The fourth-order valence-electron chi connectivity index (χ4n) is 2.68. The third-order valence-corrected chi connectivity index (χ3v) is 5.06. The maximum atomic E-state index is 12.9. The molecule has 0 saturated heterocycles. The Bertz CT molecular complexity index is 1200. The third kappa shape index (κ3) is 4.93. The summed E-state index contributed by atoms with van der Waals surface area (Å²) < 4.78 is 11.0. The van der Waals surface area contributed by atoms with Crippen LogP contribution >= 0.6 is 22.9 Å². The number of carbonyl (C=O) groups is 1. The first-order valence-corrected chi connectivity index (χ1v) is 10.1. The van der Waals surface area contributed by atoms with Crippen LogP contribution in [0.25, 0.3) is 11.1 Å². The van der Waals surface area contributed by atoms with E-state index >= 15 is 0 Å². The lowest BCUT2D eigenvalue weighted by molar-refractivity contribution is 0.102. The maximum Gasteiger partial charge on any atom is 0.296 e. The number of halogens is 1. The van der Waals surface area contributed by atoms with E-state index in [1.54, 1.807) is 31.5 Å². The molecule has 3 heterocycles. The van der Waals surface area contributed by atoms with E-state index < -0.39 is 5.91 Å². The van der Waals surface area contributed by atoms with Crippen molar-refractivity contribution in [1.29, 1.82) is 0 Å². The molecule has 0 spiro atoms. The van der Waals surface area contributed by atoms with Crippen LogP contribution in [0.5, 0.6) is 10.9 Å². The molecule has 0 aliphatic rings. The first-order chi connectivity index (χ1) is 15.1. The Kier molecular flexibility index (Phi) is 6.29. The number of carbonyl (C=O) groups excluding carboxylic acids is 1. The number of hydrogen-bond donors (Lipinski definition) is 1. The van der Waals surface area contributed by atoms with Gasteiger partial charge in [0.15, 0.2) is 0 Å². The van der Waals surface area contributed by atoms with Crippen molar-refractivity contribution in [2.24, 2.45) is 0 Å². The number of hydrogen-bond acceptors (Lipinski definition) is 9.